The van der Waals surface area contributed by atoms with Crippen LogP contribution in [0.25, 0.3) is 0 Å². The number of aliphatic hydroxyl groups excluding tert-OH is 1. The largest absolute Gasteiger partial charge is 0.395 e. The maximum atomic E-state index is 8.90. The molecule has 2 unspecified atom stereocenters. The lowest BCUT2D eigenvalue weighted by Crippen LogP contribution is -2.47. The van der Waals surface area contributed by atoms with E-state index in [0.29, 0.717) is 6.04 Å². The molecule has 1 heterocycles. The van der Waals surface area contributed by atoms with E-state index in [-0.39, 0.29) is 6.61 Å². The van der Waals surface area contributed by atoms with Gasteiger partial charge in [-0.15, -0.1) is 0 Å². The molecule has 0 amide bonds. The zero-order chi connectivity index (χ0) is 9.97. The first-order valence-electron chi connectivity index (χ1n) is 5.86. The summed E-state index contributed by atoms with van der Waals surface area (Å²) in [5, 5.41) is 8.90. The fraction of sp³-hybridized carbons (Fsp3) is 1.00. The van der Waals surface area contributed by atoms with E-state index in [4.69, 9.17) is 10.8 Å². The van der Waals surface area contributed by atoms with E-state index in [0.717, 1.165) is 31.5 Å². The lowest BCUT2D eigenvalue weighted by Gasteiger charge is -2.36. The van der Waals surface area contributed by atoms with E-state index in [1.165, 1.54) is 25.7 Å². The molecule has 1 saturated carbocycles. The Morgan fingerprint density at radius 2 is 2.00 bits per heavy atom. The van der Waals surface area contributed by atoms with Crippen LogP contribution in [-0.2, 0) is 0 Å². The number of hydrogen-bond acceptors (Lipinski definition) is 3. The van der Waals surface area contributed by atoms with Gasteiger partial charge in [0.2, 0.25) is 0 Å². The third kappa shape index (κ3) is 2.94. The number of likely N-dealkylation sites (tertiary alicyclic amines) is 1. The van der Waals surface area contributed by atoms with Crippen LogP contribution in [0.2, 0.25) is 0 Å². The van der Waals surface area contributed by atoms with Crippen molar-refractivity contribution in [3.8, 4) is 0 Å². The van der Waals surface area contributed by atoms with Crippen LogP contribution in [0.5, 0.6) is 0 Å². The van der Waals surface area contributed by atoms with Crippen LogP contribution in [0, 0.1) is 11.8 Å². The van der Waals surface area contributed by atoms with Gasteiger partial charge in [-0.1, -0.05) is 12.8 Å². The van der Waals surface area contributed by atoms with Crippen LogP contribution >= 0.6 is 0 Å². The summed E-state index contributed by atoms with van der Waals surface area (Å²) < 4.78 is 0. The van der Waals surface area contributed by atoms with Crippen molar-refractivity contribution < 1.29 is 5.11 Å². The molecule has 1 saturated heterocycles. The van der Waals surface area contributed by atoms with Crippen LogP contribution < -0.4 is 5.73 Å². The number of nitrogens with two attached hydrogens (primary N) is 1. The molecule has 2 rings (SSSR count). The average molecular weight is 198 g/mol. The van der Waals surface area contributed by atoms with Gasteiger partial charge in [-0.3, -0.25) is 4.90 Å². The van der Waals surface area contributed by atoms with Crippen molar-refractivity contribution in [2.24, 2.45) is 17.6 Å². The van der Waals surface area contributed by atoms with Crippen molar-refractivity contribution in [1.82, 2.24) is 4.90 Å². The van der Waals surface area contributed by atoms with Gasteiger partial charge in [0, 0.05) is 25.7 Å². The first-order chi connectivity index (χ1) is 6.78. The Balaban J connectivity index is 1.78. The highest BCUT2D eigenvalue weighted by atomic mass is 16.3. The van der Waals surface area contributed by atoms with Crippen LogP contribution in [0.4, 0.5) is 0 Å². The summed E-state index contributed by atoms with van der Waals surface area (Å²) in [5.74, 6) is 1.79. The minimum Gasteiger partial charge on any atom is -0.395 e. The monoisotopic (exact) mass is 198 g/mol. The molecule has 0 aromatic carbocycles. The van der Waals surface area contributed by atoms with Crippen molar-refractivity contribution in [2.45, 2.75) is 31.7 Å². The molecule has 1 aliphatic carbocycles. The summed E-state index contributed by atoms with van der Waals surface area (Å²) in [6.07, 6.45) is 5.44. The molecule has 2 aliphatic rings. The molecule has 0 aromatic rings. The van der Waals surface area contributed by atoms with Crippen LogP contribution in [0.1, 0.15) is 25.7 Å². The Bertz CT molecular complexity index is 180. The third-order valence-corrected chi connectivity index (χ3v) is 3.43. The Kier molecular flexibility index (Phi) is 3.42. The first kappa shape index (κ1) is 10.4. The molecular formula is C11H22N2O. The second-order valence-corrected chi connectivity index (χ2v) is 5.02. The lowest BCUT2D eigenvalue weighted by molar-refractivity contribution is 0.121. The Morgan fingerprint density at radius 3 is 2.64 bits per heavy atom. The summed E-state index contributed by atoms with van der Waals surface area (Å²) in [6, 6.07) is 0.332. The summed E-state index contributed by atoms with van der Waals surface area (Å²) in [7, 11) is 0. The quantitative estimate of drug-likeness (QED) is 0.688. The van der Waals surface area contributed by atoms with Crippen molar-refractivity contribution in [1.29, 1.82) is 0 Å². The molecule has 14 heavy (non-hydrogen) atoms. The third-order valence-electron chi connectivity index (χ3n) is 3.43. The second kappa shape index (κ2) is 4.60. The standard InChI is InChI=1S/C11H22N2O/c12-11-6-10(5-9-1-2-9)7-13(8-11)3-4-14/h9-11,14H,1-8,12H2. The highest BCUT2D eigenvalue weighted by Crippen LogP contribution is 2.37. The van der Waals surface area contributed by atoms with E-state index < -0.39 is 0 Å². The molecule has 0 spiro atoms. The van der Waals surface area contributed by atoms with Gasteiger partial charge in [-0.05, 0) is 24.7 Å². The molecule has 3 N–H and O–H groups in total. The normalized spacial score (nSPS) is 34.7. The van der Waals surface area contributed by atoms with E-state index in [1.54, 1.807) is 0 Å². The van der Waals surface area contributed by atoms with Gasteiger partial charge < -0.3 is 10.8 Å². The number of hydrogen-bond donors (Lipinski definition) is 2. The number of nitrogens with zero attached hydrogens (tertiary/aromatic N) is 1. The minimum absolute atomic E-state index is 0.267. The number of aliphatic hydroxyl groups is 1. The highest BCUT2D eigenvalue weighted by molar-refractivity contribution is 4.85. The van der Waals surface area contributed by atoms with Crippen LogP contribution in [0.3, 0.4) is 0 Å². The van der Waals surface area contributed by atoms with Crippen molar-refractivity contribution in [3.63, 3.8) is 0 Å². The van der Waals surface area contributed by atoms with Gasteiger partial charge in [0.1, 0.15) is 0 Å². The predicted octanol–water partition coefficient (Wildman–Crippen LogP) is 0.428. The Morgan fingerprint density at radius 1 is 1.21 bits per heavy atom. The summed E-state index contributed by atoms with van der Waals surface area (Å²) in [4.78, 5) is 2.32. The van der Waals surface area contributed by atoms with Gasteiger partial charge >= 0.3 is 0 Å². The fourth-order valence-electron chi connectivity index (χ4n) is 2.67. The molecule has 82 valence electrons. The van der Waals surface area contributed by atoms with Gasteiger partial charge in [-0.25, -0.2) is 0 Å². The fourth-order valence-corrected chi connectivity index (χ4v) is 2.67. The molecule has 2 atom stereocenters. The SMILES string of the molecule is NC1CC(CC2CC2)CN(CCO)C1. The molecule has 1 aliphatic heterocycles. The molecule has 0 radical (unpaired) electrons. The second-order valence-electron chi connectivity index (χ2n) is 5.02. The van der Waals surface area contributed by atoms with Gasteiger partial charge in [0.15, 0.2) is 0 Å². The summed E-state index contributed by atoms with van der Waals surface area (Å²) in [5.41, 5.74) is 6.02. The summed E-state index contributed by atoms with van der Waals surface area (Å²) >= 11 is 0. The topological polar surface area (TPSA) is 49.5 Å². The van der Waals surface area contributed by atoms with E-state index >= 15 is 0 Å². The maximum Gasteiger partial charge on any atom is 0.0558 e. The van der Waals surface area contributed by atoms with E-state index in [1.807, 2.05) is 0 Å². The highest BCUT2D eigenvalue weighted by Gasteiger charge is 2.30. The van der Waals surface area contributed by atoms with E-state index in [2.05, 4.69) is 4.90 Å². The molecule has 3 nitrogen and oxygen atoms in total. The van der Waals surface area contributed by atoms with Gasteiger partial charge in [0.05, 0.1) is 6.61 Å². The molecular weight excluding hydrogens is 176 g/mol. The minimum atomic E-state index is 0.267. The van der Waals surface area contributed by atoms with Crippen molar-refractivity contribution in [3.05, 3.63) is 0 Å². The predicted molar refractivity (Wildman–Crippen MR) is 56.9 cm³/mol. The number of piperidine rings is 1. The van der Waals surface area contributed by atoms with Crippen molar-refractivity contribution in [2.75, 3.05) is 26.2 Å². The van der Waals surface area contributed by atoms with Crippen molar-refractivity contribution >= 4 is 0 Å². The zero-order valence-electron chi connectivity index (χ0n) is 8.86. The molecule has 2 fully saturated rings. The zero-order valence-corrected chi connectivity index (χ0v) is 8.86. The first-order valence-corrected chi connectivity index (χ1v) is 5.86. The van der Waals surface area contributed by atoms with E-state index in [9.17, 15) is 0 Å². The Labute approximate surface area is 86.3 Å². The molecule has 3 heteroatoms. The smallest absolute Gasteiger partial charge is 0.0558 e. The van der Waals surface area contributed by atoms with Crippen LogP contribution in [0.15, 0.2) is 0 Å². The Hall–Kier alpha value is -0.120. The molecule has 0 bridgehead atoms. The molecule has 0 aromatic heterocycles. The number of β-amino-alcohol motifs (C(OH)–C–C–N with tert-alkyl or cyclic N) is 1. The number of rotatable bonds is 4. The summed E-state index contributed by atoms with van der Waals surface area (Å²) in [6.45, 7) is 3.20. The van der Waals surface area contributed by atoms with Gasteiger partial charge in [-0.2, -0.15) is 0 Å². The maximum absolute atomic E-state index is 8.90. The van der Waals surface area contributed by atoms with Gasteiger partial charge in [0.25, 0.3) is 0 Å². The van der Waals surface area contributed by atoms with Crippen LogP contribution in [-0.4, -0.2) is 42.3 Å². The lowest BCUT2D eigenvalue weighted by atomic mass is 9.90. The average Bonchev–Trinajstić information content (AvgIpc) is 2.87.